The van der Waals surface area contributed by atoms with Gasteiger partial charge in [-0.15, -0.1) is 11.6 Å². The first-order chi connectivity index (χ1) is 3.81. The van der Waals surface area contributed by atoms with Crippen LogP contribution in [0.25, 0.3) is 0 Å². The predicted octanol–water partition coefficient (Wildman–Crippen LogP) is 3.15. The van der Waals surface area contributed by atoms with Gasteiger partial charge in [-0.05, 0) is 19.8 Å². The van der Waals surface area contributed by atoms with Gasteiger partial charge in [0, 0.05) is 10.9 Å². The fraction of sp³-hybridized carbons (Fsp3) is 0.667. The quantitative estimate of drug-likeness (QED) is 0.546. The third-order valence-electron chi connectivity index (χ3n) is 0.862. The van der Waals surface area contributed by atoms with Gasteiger partial charge in [-0.3, -0.25) is 0 Å². The summed E-state index contributed by atoms with van der Waals surface area (Å²) in [7, 11) is 0. The molecule has 0 N–H and O–H groups in total. The molecule has 0 fully saturated rings. The first-order valence-electron chi connectivity index (χ1n) is 2.68. The lowest BCUT2D eigenvalue weighted by molar-refractivity contribution is 0.950. The lowest BCUT2D eigenvalue weighted by atomic mass is 10.3. The molecule has 0 aliphatic heterocycles. The van der Waals surface area contributed by atoms with Crippen LogP contribution in [0.1, 0.15) is 19.8 Å². The zero-order chi connectivity index (χ0) is 6.41. The Kier molecular flexibility index (Phi) is 5.67. The summed E-state index contributed by atoms with van der Waals surface area (Å²) >= 11 is 11.1. The van der Waals surface area contributed by atoms with Crippen molar-refractivity contribution in [2.75, 3.05) is 5.88 Å². The average Bonchev–Trinajstić information content (AvgIpc) is 1.83. The lowest BCUT2D eigenvalue weighted by Crippen LogP contribution is -1.74. The number of rotatable bonds is 3. The largest absolute Gasteiger partial charge is 0.127 e. The molecule has 0 aromatic heterocycles. The van der Waals surface area contributed by atoms with Crippen molar-refractivity contribution in [2.45, 2.75) is 19.8 Å². The lowest BCUT2D eigenvalue weighted by Gasteiger charge is -1.91. The van der Waals surface area contributed by atoms with E-state index in [0.29, 0.717) is 5.88 Å². The van der Waals surface area contributed by atoms with Gasteiger partial charge < -0.3 is 0 Å². The van der Waals surface area contributed by atoms with Crippen LogP contribution in [0, 0.1) is 0 Å². The normalized spacial score (nSPS) is 12.1. The van der Waals surface area contributed by atoms with E-state index in [0.717, 1.165) is 17.9 Å². The summed E-state index contributed by atoms with van der Waals surface area (Å²) in [4.78, 5) is 0. The van der Waals surface area contributed by atoms with Crippen molar-refractivity contribution in [3.63, 3.8) is 0 Å². The Morgan fingerprint density at radius 1 is 1.62 bits per heavy atom. The van der Waals surface area contributed by atoms with E-state index in [2.05, 4.69) is 0 Å². The summed E-state index contributed by atoms with van der Waals surface area (Å²) in [6, 6.07) is 0. The van der Waals surface area contributed by atoms with Crippen LogP contribution in [0.15, 0.2) is 11.1 Å². The second-order valence-electron chi connectivity index (χ2n) is 1.53. The smallest absolute Gasteiger partial charge is 0.0226 e. The fourth-order valence-corrected chi connectivity index (χ4v) is 0.647. The molecule has 0 bridgehead atoms. The molecule has 0 spiro atoms. The van der Waals surface area contributed by atoms with Gasteiger partial charge >= 0.3 is 0 Å². The highest BCUT2D eigenvalue weighted by Gasteiger charge is 1.87. The maximum atomic E-state index is 5.65. The van der Waals surface area contributed by atoms with Crippen LogP contribution in [0.5, 0.6) is 0 Å². The number of allylic oxidation sites excluding steroid dienone is 2. The maximum Gasteiger partial charge on any atom is 0.0226 e. The Morgan fingerprint density at radius 3 is 2.62 bits per heavy atom. The third kappa shape index (κ3) is 4.48. The van der Waals surface area contributed by atoms with Crippen LogP contribution >= 0.6 is 23.2 Å². The van der Waals surface area contributed by atoms with Gasteiger partial charge in [0.2, 0.25) is 0 Å². The van der Waals surface area contributed by atoms with Crippen LogP contribution in [-0.2, 0) is 0 Å². The molecule has 0 aromatic rings. The van der Waals surface area contributed by atoms with E-state index in [4.69, 9.17) is 23.2 Å². The zero-order valence-electron chi connectivity index (χ0n) is 4.95. The van der Waals surface area contributed by atoms with Crippen molar-refractivity contribution >= 4 is 23.2 Å². The fourth-order valence-electron chi connectivity index (χ4n) is 0.380. The van der Waals surface area contributed by atoms with Gasteiger partial charge in [-0.2, -0.15) is 0 Å². The third-order valence-corrected chi connectivity index (χ3v) is 1.54. The molecule has 0 unspecified atom stereocenters. The van der Waals surface area contributed by atoms with E-state index in [9.17, 15) is 0 Å². The zero-order valence-corrected chi connectivity index (χ0v) is 6.47. The molecule has 0 aliphatic carbocycles. The minimum Gasteiger partial charge on any atom is -0.127 e. The minimum absolute atomic E-state index is 0.698. The van der Waals surface area contributed by atoms with Gasteiger partial charge in [0.05, 0.1) is 0 Å². The van der Waals surface area contributed by atoms with Crippen molar-refractivity contribution in [1.29, 1.82) is 0 Å². The van der Waals surface area contributed by atoms with Crippen LogP contribution in [0.2, 0.25) is 0 Å². The molecule has 0 saturated heterocycles. The van der Waals surface area contributed by atoms with E-state index in [1.807, 2.05) is 13.0 Å². The molecule has 0 aliphatic rings. The molecule has 0 radical (unpaired) electrons. The molecule has 0 aromatic carbocycles. The van der Waals surface area contributed by atoms with Crippen LogP contribution in [0.4, 0.5) is 0 Å². The average molecular weight is 153 g/mol. The first kappa shape index (κ1) is 8.32. The van der Waals surface area contributed by atoms with Gasteiger partial charge in [-0.1, -0.05) is 17.7 Å². The highest BCUT2D eigenvalue weighted by Crippen LogP contribution is 2.09. The van der Waals surface area contributed by atoms with Gasteiger partial charge in [-0.25, -0.2) is 0 Å². The Hall–Kier alpha value is 0.320. The van der Waals surface area contributed by atoms with Crippen molar-refractivity contribution in [3.8, 4) is 0 Å². The highest BCUT2D eigenvalue weighted by atomic mass is 35.5. The summed E-state index contributed by atoms with van der Waals surface area (Å²) in [6.45, 7) is 1.93. The number of alkyl halides is 1. The first-order valence-corrected chi connectivity index (χ1v) is 3.59. The van der Waals surface area contributed by atoms with E-state index >= 15 is 0 Å². The maximum absolute atomic E-state index is 5.65. The Labute approximate surface area is 60.5 Å². The topological polar surface area (TPSA) is 0 Å². The molecule has 0 heterocycles. The minimum atomic E-state index is 0.698. The van der Waals surface area contributed by atoms with E-state index in [1.54, 1.807) is 0 Å². The Bertz CT molecular complexity index is 76.6. The summed E-state index contributed by atoms with van der Waals surface area (Å²) in [5.74, 6) is 0.698. The molecular weight excluding hydrogens is 143 g/mol. The summed E-state index contributed by atoms with van der Waals surface area (Å²) < 4.78 is 0. The molecule has 8 heavy (non-hydrogen) atoms. The molecule has 0 nitrogen and oxygen atoms in total. The number of hydrogen-bond acceptors (Lipinski definition) is 0. The summed E-state index contributed by atoms with van der Waals surface area (Å²) in [5, 5.41) is 0.908. The summed E-state index contributed by atoms with van der Waals surface area (Å²) in [5.41, 5.74) is 0. The summed E-state index contributed by atoms with van der Waals surface area (Å²) in [6.07, 6.45) is 3.79. The molecule has 48 valence electrons. The standard InChI is InChI=1S/C6H10Cl2/c1-2-6(8)4-3-5-7/h2H,3-5H2,1H3. The number of hydrogen-bond donors (Lipinski definition) is 0. The molecule has 0 atom stereocenters. The Morgan fingerprint density at radius 2 is 2.25 bits per heavy atom. The molecule has 2 heteroatoms. The second-order valence-corrected chi connectivity index (χ2v) is 2.39. The van der Waals surface area contributed by atoms with Crippen molar-refractivity contribution in [3.05, 3.63) is 11.1 Å². The SMILES string of the molecule is CC=C(Cl)CCCCl. The van der Waals surface area contributed by atoms with Crippen LogP contribution in [0.3, 0.4) is 0 Å². The van der Waals surface area contributed by atoms with E-state index in [-0.39, 0.29) is 0 Å². The van der Waals surface area contributed by atoms with Crippen LogP contribution < -0.4 is 0 Å². The van der Waals surface area contributed by atoms with Gasteiger partial charge in [0.15, 0.2) is 0 Å². The monoisotopic (exact) mass is 152 g/mol. The van der Waals surface area contributed by atoms with Gasteiger partial charge in [0.1, 0.15) is 0 Å². The molecular formula is C6H10Cl2. The predicted molar refractivity (Wildman–Crippen MR) is 39.6 cm³/mol. The van der Waals surface area contributed by atoms with E-state index in [1.165, 1.54) is 0 Å². The van der Waals surface area contributed by atoms with Crippen LogP contribution in [-0.4, -0.2) is 5.88 Å². The molecule has 0 rings (SSSR count). The van der Waals surface area contributed by atoms with Crippen molar-refractivity contribution < 1.29 is 0 Å². The second kappa shape index (κ2) is 5.46. The van der Waals surface area contributed by atoms with Crippen molar-refractivity contribution in [1.82, 2.24) is 0 Å². The van der Waals surface area contributed by atoms with Crippen molar-refractivity contribution in [2.24, 2.45) is 0 Å². The number of halogens is 2. The highest BCUT2D eigenvalue weighted by molar-refractivity contribution is 6.29. The Balaban J connectivity index is 3.12. The molecule has 0 saturated carbocycles. The van der Waals surface area contributed by atoms with E-state index < -0.39 is 0 Å². The molecule has 0 amide bonds. The van der Waals surface area contributed by atoms with Gasteiger partial charge in [0.25, 0.3) is 0 Å².